The lowest BCUT2D eigenvalue weighted by Crippen LogP contribution is -2.36. The van der Waals surface area contributed by atoms with E-state index in [1.807, 2.05) is 11.3 Å². The number of hydrogen-bond acceptors (Lipinski definition) is 3. The SMILES string of the molecule is CC1CCC(C2NCCc3sccc32)O1. The van der Waals surface area contributed by atoms with Crippen LogP contribution in [0.5, 0.6) is 0 Å². The van der Waals surface area contributed by atoms with Gasteiger partial charge in [0.05, 0.1) is 18.2 Å². The predicted molar refractivity (Wildman–Crippen MR) is 62.3 cm³/mol. The summed E-state index contributed by atoms with van der Waals surface area (Å²) in [5, 5.41) is 5.82. The first kappa shape index (κ1) is 9.82. The first-order chi connectivity index (χ1) is 7.34. The summed E-state index contributed by atoms with van der Waals surface area (Å²) in [6.45, 7) is 3.28. The average molecular weight is 223 g/mol. The van der Waals surface area contributed by atoms with Crippen LogP contribution in [-0.2, 0) is 11.2 Å². The minimum absolute atomic E-state index is 0.397. The summed E-state index contributed by atoms with van der Waals surface area (Å²) in [6.07, 6.45) is 4.44. The third kappa shape index (κ3) is 1.73. The Hall–Kier alpha value is -0.380. The highest BCUT2D eigenvalue weighted by atomic mass is 32.1. The maximum Gasteiger partial charge on any atom is 0.0774 e. The number of fused-ring (bicyclic) bond motifs is 1. The summed E-state index contributed by atoms with van der Waals surface area (Å²) in [4.78, 5) is 1.56. The van der Waals surface area contributed by atoms with Crippen molar-refractivity contribution >= 4 is 11.3 Å². The summed E-state index contributed by atoms with van der Waals surface area (Å²) in [5.74, 6) is 0. The van der Waals surface area contributed by atoms with E-state index in [9.17, 15) is 0 Å². The molecule has 3 rings (SSSR count). The van der Waals surface area contributed by atoms with Crippen LogP contribution in [-0.4, -0.2) is 18.8 Å². The molecule has 2 aliphatic heterocycles. The van der Waals surface area contributed by atoms with Crippen molar-refractivity contribution < 1.29 is 4.74 Å². The minimum Gasteiger partial charge on any atom is -0.373 e. The van der Waals surface area contributed by atoms with Gasteiger partial charge >= 0.3 is 0 Å². The predicted octanol–water partition coefficient (Wildman–Crippen LogP) is 2.50. The van der Waals surface area contributed by atoms with E-state index in [4.69, 9.17) is 4.74 Å². The van der Waals surface area contributed by atoms with Crippen LogP contribution >= 0.6 is 11.3 Å². The second kappa shape index (κ2) is 3.89. The molecule has 82 valence electrons. The fourth-order valence-corrected chi connectivity index (χ4v) is 3.62. The van der Waals surface area contributed by atoms with Crippen molar-refractivity contribution in [1.82, 2.24) is 5.32 Å². The van der Waals surface area contributed by atoms with E-state index >= 15 is 0 Å². The van der Waals surface area contributed by atoms with Crippen LogP contribution in [0, 0.1) is 0 Å². The van der Waals surface area contributed by atoms with Crippen LogP contribution in [0.15, 0.2) is 11.4 Å². The van der Waals surface area contributed by atoms with Gasteiger partial charge in [-0.1, -0.05) is 0 Å². The van der Waals surface area contributed by atoms with E-state index in [-0.39, 0.29) is 0 Å². The van der Waals surface area contributed by atoms with Crippen molar-refractivity contribution in [3.8, 4) is 0 Å². The van der Waals surface area contributed by atoms with Crippen molar-refractivity contribution in [3.63, 3.8) is 0 Å². The molecule has 1 saturated heterocycles. The fourth-order valence-electron chi connectivity index (χ4n) is 2.69. The van der Waals surface area contributed by atoms with Gasteiger partial charge < -0.3 is 10.1 Å². The van der Waals surface area contributed by atoms with Gasteiger partial charge in [0.25, 0.3) is 0 Å². The molecule has 3 atom stereocenters. The molecule has 1 aromatic rings. The average Bonchev–Trinajstić information content (AvgIpc) is 2.84. The van der Waals surface area contributed by atoms with Gasteiger partial charge in [0.1, 0.15) is 0 Å². The highest BCUT2D eigenvalue weighted by Gasteiger charge is 2.33. The van der Waals surface area contributed by atoms with Gasteiger partial charge in [0.15, 0.2) is 0 Å². The zero-order valence-electron chi connectivity index (χ0n) is 9.03. The van der Waals surface area contributed by atoms with E-state index in [1.54, 1.807) is 4.88 Å². The summed E-state index contributed by atoms with van der Waals surface area (Å²) < 4.78 is 5.97. The molecule has 3 heterocycles. The zero-order chi connectivity index (χ0) is 10.3. The summed E-state index contributed by atoms with van der Waals surface area (Å²) in [7, 11) is 0. The van der Waals surface area contributed by atoms with E-state index in [0.29, 0.717) is 18.2 Å². The lowest BCUT2D eigenvalue weighted by Gasteiger charge is -2.29. The van der Waals surface area contributed by atoms with E-state index in [0.717, 1.165) is 6.54 Å². The van der Waals surface area contributed by atoms with Crippen molar-refractivity contribution in [1.29, 1.82) is 0 Å². The molecule has 0 bridgehead atoms. The normalized spacial score (nSPS) is 35.4. The fraction of sp³-hybridized carbons (Fsp3) is 0.667. The van der Waals surface area contributed by atoms with E-state index in [2.05, 4.69) is 23.7 Å². The molecule has 1 N–H and O–H groups in total. The molecule has 3 heteroatoms. The number of hydrogen-bond donors (Lipinski definition) is 1. The third-order valence-electron chi connectivity index (χ3n) is 3.47. The number of nitrogens with one attached hydrogen (secondary N) is 1. The minimum atomic E-state index is 0.397. The van der Waals surface area contributed by atoms with Crippen LogP contribution in [0.3, 0.4) is 0 Å². The van der Waals surface area contributed by atoms with Gasteiger partial charge in [-0.15, -0.1) is 11.3 Å². The summed E-state index contributed by atoms with van der Waals surface area (Å²) in [6, 6.07) is 2.72. The molecule has 1 aromatic heterocycles. The molecular weight excluding hydrogens is 206 g/mol. The van der Waals surface area contributed by atoms with Crippen molar-refractivity contribution in [2.45, 2.75) is 44.4 Å². The van der Waals surface area contributed by atoms with E-state index < -0.39 is 0 Å². The summed E-state index contributed by atoms with van der Waals surface area (Å²) in [5.41, 5.74) is 1.49. The second-order valence-corrected chi connectivity index (χ2v) is 5.54. The van der Waals surface area contributed by atoms with Crippen molar-refractivity contribution in [2.75, 3.05) is 6.54 Å². The topological polar surface area (TPSA) is 21.3 Å². The number of rotatable bonds is 1. The van der Waals surface area contributed by atoms with Gasteiger partial charge in [-0.05, 0) is 43.2 Å². The Labute approximate surface area is 94.6 Å². The lowest BCUT2D eigenvalue weighted by atomic mass is 9.96. The smallest absolute Gasteiger partial charge is 0.0774 e. The van der Waals surface area contributed by atoms with E-state index in [1.165, 1.54) is 24.8 Å². The van der Waals surface area contributed by atoms with Crippen LogP contribution in [0.25, 0.3) is 0 Å². The quantitative estimate of drug-likeness (QED) is 0.790. The summed E-state index contributed by atoms with van der Waals surface area (Å²) >= 11 is 1.89. The maximum absolute atomic E-state index is 5.97. The Kier molecular flexibility index (Phi) is 2.54. The number of thiophene rings is 1. The Balaban J connectivity index is 1.83. The first-order valence-corrected chi connectivity index (χ1v) is 6.67. The highest BCUT2D eigenvalue weighted by Crippen LogP contribution is 2.35. The molecule has 1 fully saturated rings. The van der Waals surface area contributed by atoms with Gasteiger partial charge in [-0.3, -0.25) is 0 Å². The Morgan fingerprint density at radius 3 is 3.20 bits per heavy atom. The van der Waals surface area contributed by atoms with Gasteiger partial charge in [-0.25, -0.2) is 0 Å². The lowest BCUT2D eigenvalue weighted by molar-refractivity contribution is 0.0304. The van der Waals surface area contributed by atoms with Gasteiger partial charge in [-0.2, -0.15) is 0 Å². The molecule has 2 nitrogen and oxygen atoms in total. The molecule has 15 heavy (non-hydrogen) atoms. The molecule has 0 spiro atoms. The molecule has 0 radical (unpaired) electrons. The molecule has 0 aromatic carbocycles. The van der Waals surface area contributed by atoms with Crippen LogP contribution in [0.1, 0.15) is 36.2 Å². The molecule has 3 unspecified atom stereocenters. The molecular formula is C12H17NOS. The molecule has 0 saturated carbocycles. The largest absolute Gasteiger partial charge is 0.373 e. The molecule has 0 amide bonds. The monoisotopic (exact) mass is 223 g/mol. The highest BCUT2D eigenvalue weighted by molar-refractivity contribution is 7.10. The van der Waals surface area contributed by atoms with Crippen LogP contribution < -0.4 is 5.32 Å². The molecule has 0 aliphatic carbocycles. The Morgan fingerprint density at radius 1 is 1.47 bits per heavy atom. The first-order valence-electron chi connectivity index (χ1n) is 5.79. The van der Waals surface area contributed by atoms with Crippen LogP contribution in [0.2, 0.25) is 0 Å². The molecule has 2 aliphatic rings. The van der Waals surface area contributed by atoms with Crippen molar-refractivity contribution in [2.24, 2.45) is 0 Å². The third-order valence-corrected chi connectivity index (χ3v) is 4.46. The number of ether oxygens (including phenoxy) is 1. The second-order valence-electron chi connectivity index (χ2n) is 4.54. The van der Waals surface area contributed by atoms with Gasteiger partial charge in [0, 0.05) is 11.4 Å². The van der Waals surface area contributed by atoms with Gasteiger partial charge in [0.2, 0.25) is 0 Å². The van der Waals surface area contributed by atoms with Crippen molar-refractivity contribution in [3.05, 3.63) is 21.9 Å². The van der Waals surface area contributed by atoms with Crippen LogP contribution in [0.4, 0.5) is 0 Å². The Morgan fingerprint density at radius 2 is 2.40 bits per heavy atom. The zero-order valence-corrected chi connectivity index (χ0v) is 9.85. The standard InChI is InChI=1S/C12H17NOS/c1-8-2-3-10(14-8)12-9-5-7-15-11(9)4-6-13-12/h5,7-8,10,12-13H,2-4,6H2,1H3. The Bertz CT molecular complexity index is 349. The maximum atomic E-state index is 5.97.